The van der Waals surface area contributed by atoms with Crippen molar-refractivity contribution in [2.45, 2.75) is 0 Å². The molecule has 14 aromatic carbocycles. The zero-order valence-electron chi connectivity index (χ0n) is 45.2. The summed E-state index contributed by atoms with van der Waals surface area (Å²) in [5, 5.41) is 4.98. The third kappa shape index (κ3) is 10.0. The molecule has 0 unspecified atom stereocenters. The van der Waals surface area contributed by atoms with Gasteiger partial charge in [-0.15, -0.1) is 0 Å². The fraction of sp³-hybridized carbons (Fsp3) is 0. The minimum Gasteiger partial charge on any atom is -0.311 e. The lowest BCUT2D eigenvalue weighted by Crippen LogP contribution is -2.10. The Kier molecular flexibility index (Phi) is 13.4. The van der Waals surface area contributed by atoms with E-state index in [1.54, 1.807) is 0 Å². The summed E-state index contributed by atoms with van der Waals surface area (Å²) in [5.41, 5.74) is 23.1. The standard InChI is InChI=1S/C80H56N2/c1-4-16-57(17-5-1)60-30-42-71(43-31-60)81(74-48-36-63(37-49-74)70-55-68(58-18-6-2-7-19-58)54-69(56-70)59-20-8-3-9-21-59)72-44-32-61(33-45-72)62-34-46-73(47-35-62)82(75-50-38-66(39-51-75)79-28-14-24-64-22-10-12-26-77(64)79)76-52-40-67(41-53-76)80-29-15-25-65-23-11-13-27-78(65)80/h1-56H. The van der Waals surface area contributed by atoms with Crippen molar-refractivity contribution in [3.63, 3.8) is 0 Å². The minimum absolute atomic E-state index is 1.07. The normalized spacial score (nSPS) is 11.2. The average molecular weight is 1050 g/mol. The highest BCUT2D eigenvalue weighted by Gasteiger charge is 2.18. The Morgan fingerprint density at radius 1 is 0.146 bits per heavy atom. The Balaban J connectivity index is 0.794. The van der Waals surface area contributed by atoms with Crippen LogP contribution in [0.5, 0.6) is 0 Å². The first kappa shape index (κ1) is 49.5. The van der Waals surface area contributed by atoms with Crippen LogP contribution in [-0.2, 0) is 0 Å². The van der Waals surface area contributed by atoms with Gasteiger partial charge in [0.1, 0.15) is 0 Å². The molecule has 2 heteroatoms. The number of anilines is 6. The number of hydrogen-bond acceptors (Lipinski definition) is 2. The van der Waals surface area contributed by atoms with Gasteiger partial charge in [0.05, 0.1) is 0 Å². The van der Waals surface area contributed by atoms with E-state index in [-0.39, 0.29) is 0 Å². The quantitative estimate of drug-likeness (QED) is 0.114. The van der Waals surface area contributed by atoms with Gasteiger partial charge in [-0.3, -0.25) is 0 Å². The van der Waals surface area contributed by atoms with Gasteiger partial charge in [-0.1, -0.05) is 249 Å². The summed E-state index contributed by atoms with van der Waals surface area (Å²) < 4.78 is 0. The number of nitrogens with zero attached hydrogens (tertiary/aromatic N) is 2. The van der Waals surface area contributed by atoms with Crippen LogP contribution in [0.3, 0.4) is 0 Å². The van der Waals surface area contributed by atoms with Crippen molar-refractivity contribution in [3.8, 4) is 77.9 Å². The van der Waals surface area contributed by atoms with E-state index in [0.29, 0.717) is 0 Å². The molecule has 0 heterocycles. The Hall–Kier alpha value is -10.8. The fourth-order valence-corrected chi connectivity index (χ4v) is 11.7. The van der Waals surface area contributed by atoms with Crippen LogP contribution >= 0.6 is 0 Å². The Bertz CT molecular complexity index is 4290. The number of benzene rings is 14. The summed E-state index contributed by atoms with van der Waals surface area (Å²) >= 11 is 0. The van der Waals surface area contributed by atoms with Crippen LogP contribution in [0.15, 0.2) is 340 Å². The molecule has 0 aliphatic carbocycles. The van der Waals surface area contributed by atoms with Crippen molar-refractivity contribution < 1.29 is 0 Å². The molecule has 2 nitrogen and oxygen atoms in total. The predicted molar refractivity (Wildman–Crippen MR) is 349 cm³/mol. The highest BCUT2D eigenvalue weighted by molar-refractivity contribution is 5.98. The molecule has 82 heavy (non-hydrogen) atoms. The van der Waals surface area contributed by atoms with E-state index >= 15 is 0 Å². The van der Waals surface area contributed by atoms with Gasteiger partial charge >= 0.3 is 0 Å². The molecule has 0 saturated heterocycles. The zero-order valence-corrected chi connectivity index (χ0v) is 45.2. The van der Waals surface area contributed by atoms with Gasteiger partial charge in [0, 0.05) is 34.1 Å². The van der Waals surface area contributed by atoms with Crippen LogP contribution in [0.4, 0.5) is 34.1 Å². The second kappa shape index (κ2) is 22.1. The lowest BCUT2D eigenvalue weighted by Gasteiger charge is -2.27. The Labute approximate surface area is 480 Å². The first-order valence-corrected chi connectivity index (χ1v) is 28.1. The molecule has 386 valence electrons. The third-order valence-corrected chi connectivity index (χ3v) is 15.9. The molecule has 0 fully saturated rings. The van der Waals surface area contributed by atoms with E-state index in [4.69, 9.17) is 0 Å². The van der Waals surface area contributed by atoms with Crippen molar-refractivity contribution in [1.82, 2.24) is 0 Å². The van der Waals surface area contributed by atoms with E-state index in [1.165, 1.54) is 82.7 Å². The van der Waals surface area contributed by atoms with Crippen LogP contribution in [0, 0.1) is 0 Å². The van der Waals surface area contributed by atoms with Gasteiger partial charge in [0.2, 0.25) is 0 Å². The maximum atomic E-state index is 2.36. The summed E-state index contributed by atoms with van der Waals surface area (Å²) in [6, 6.07) is 123. The van der Waals surface area contributed by atoms with Gasteiger partial charge in [0.15, 0.2) is 0 Å². The molecule has 0 amide bonds. The van der Waals surface area contributed by atoms with E-state index in [9.17, 15) is 0 Å². The lowest BCUT2D eigenvalue weighted by atomic mass is 9.93. The van der Waals surface area contributed by atoms with Crippen molar-refractivity contribution in [2.24, 2.45) is 0 Å². The van der Waals surface area contributed by atoms with E-state index in [1.807, 2.05) is 0 Å². The summed E-state index contributed by atoms with van der Waals surface area (Å²) in [6.45, 7) is 0. The number of rotatable bonds is 13. The molecule has 0 N–H and O–H groups in total. The topological polar surface area (TPSA) is 6.48 Å². The first-order valence-electron chi connectivity index (χ1n) is 28.1. The maximum Gasteiger partial charge on any atom is 0.0462 e. The monoisotopic (exact) mass is 1040 g/mol. The smallest absolute Gasteiger partial charge is 0.0462 e. The zero-order chi connectivity index (χ0) is 54.6. The van der Waals surface area contributed by atoms with Crippen LogP contribution in [-0.4, -0.2) is 0 Å². The fourth-order valence-electron chi connectivity index (χ4n) is 11.7. The predicted octanol–water partition coefficient (Wildman–Crippen LogP) is 22.6. The Morgan fingerprint density at radius 2 is 0.366 bits per heavy atom. The van der Waals surface area contributed by atoms with Crippen molar-refractivity contribution in [3.05, 3.63) is 340 Å². The second-order valence-electron chi connectivity index (χ2n) is 20.9. The van der Waals surface area contributed by atoms with E-state index in [0.717, 1.165) is 50.8 Å². The second-order valence-corrected chi connectivity index (χ2v) is 20.9. The SMILES string of the molecule is c1ccc(-c2ccc(N(c3ccc(-c4ccc(N(c5ccc(-c6cccc7ccccc67)cc5)c5ccc(-c6cccc7ccccc67)cc5)cc4)cc3)c3ccc(-c4cc(-c5ccccc5)cc(-c5ccccc5)c4)cc3)cc2)cc1. The largest absolute Gasteiger partial charge is 0.311 e. The van der Waals surface area contributed by atoms with Crippen LogP contribution in [0.1, 0.15) is 0 Å². The molecule has 0 atom stereocenters. The summed E-state index contributed by atoms with van der Waals surface area (Å²) in [5.74, 6) is 0. The van der Waals surface area contributed by atoms with Gasteiger partial charge < -0.3 is 9.80 Å². The summed E-state index contributed by atoms with van der Waals surface area (Å²) in [4.78, 5) is 4.72. The molecule has 0 saturated carbocycles. The van der Waals surface area contributed by atoms with Gasteiger partial charge in [0.25, 0.3) is 0 Å². The van der Waals surface area contributed by atoms with Crippen LogP contribution in [0.2, 0.25) is 0 Å². The molecular formula is C80H56N2. The lowest BCUT2D eigenvalue weighted by molar-refractivity contribution is 1.28. The van der Waals surface area contributed by atoms with Crippen molar-refractivity contribution in [1.29, 1.82) is 0 Å². The molecule has 0 aromatic heterocycles. The molecule has 14 rings (SSSR count). The molecule has 0 aliphatic rings. The van der Waals surface area contributed by atoms with Crippen LogP contribution < -0.4 is 9.80 Å². The number of fused-ring (bicyclic) bond motifs is 2. The van der Waals surface area contributed by atoms with Crippen LogP contribution in [0.25, 0.3) is 99.4 Å². The Morgan fingerprint density at radius 3 is 0.671 bits per heavy atom. The average Bonchev–Trinajstić information content (AvgIpc) is 3.64. The third-order valence-electron chi connectivity index (χ3n) is 15.9. The highest BCUT2D eigenvalue weighted by atomic mass is 15.1. The highest BCUT2D eigenvalue weighted by Crippen LogP contribution is 2.42. The van der Waals surface area contributed by atoms with Gasteiger partial charge in [-0.25, -0.2) is 0 Å². The maximum absolute atomic E-state index is 2.36. The van der Waals surface area contributed by atoms with E-state index < -0.39 is 0 Å². The first-order chi connectivity index (χ1) is 40.6. The summed E-state index contributed by atoms with van der Waals surface area (Å²) in [6.07, 6.45) is 0. The molecule has 0 radical (unpaired) electrons. The molecule has 0 spiro atoms. The van der Waals surface area contributed by atoms with E-state index in [2.05, 4.69) is 350 Å². The van der Waals surface area contributed by atoms with Crippen molar-refractivity contribution >= 4 is 55.7 Å². The molecular weight excluding hydrogens is 989 g/mol. The molecule has 0 bridgehead atoms. The minimum atomic E-state index is 1.07. The van der Waals surface area contributed by atoms with Gasteiger partial charge in [-0.2, -0.15) is 0 Å². The number of hydrogen-bond donors (Lipinski definition) is 0. The van der Waals surface area contributed by atoms with Gasteiger partial charge in [-0.05, 0) is 190 Å². The summed E-state index contributed by atoms with van der Waals surface area (Å²) in [7, 11) is 0. The molecule has 0 aliphatic heterocycles. The van der Waals surface area contributed by atoms with Crippen molar-refractivity contribution in [2.75, 3.05) is 9.80 Å². The molecule has 14 aromatic rings.